The van der Waals surface area contributed by atoms with Gasteiger partial charge in [-0.3, -0.25) is 4.79 Å². The lowest BCUT2D eigenvalue weighted by atomic mass is 10.0. The summed E-state index contributed by atoms with van der Waals surface area (Å²) in [6, 6.07) is 11.9. The summed E-state index contributed by atoms with van der Waals surface area (Å²) < 4.78 is 17.5. The Morgan fingerprint density at radius 1 is 1.09 bits per heavy atom. The molecule has 34 heavy (non-hydrogen) atoms. The molecule has 1 fully saturated rings. The highest BCUT2D eigenvalue weighted by molar-refractivity contribution is 9.09. The number of methoxy groups -OCH3 is 1. The molecule has 0 unspecified atom stereocenters. The molecular formula is C27H31BrN2O4. The molecule has 180 valence electrons. The second-order valence-corrected chi connectivity index (χ2v) is 9.89. The van der Waals surface area contributed by atoms with E-state index in [0.29, 0.717) is 24.5 Å². The Hall–Kier alpha value is -2.67. The number of fused-ring (bicyclic) bond motifs is 2. The van der Waals surface area contributed by atoms with E-state index in [2.05, 4.69) is 21.2 Å². The number of halogens is 1. The molecule has 2 aromatic rings. The maximum Gasteiger partial charge on any atom is 0.260 e. The lowest BCUT2D eigenvalue weighted by molar-refractivity contribution is 0.0796. The highest BCUT2D eigenvalue weighted by Gasteiger charge is 2.35. The van der Waals surface area contributed by atoms with Gasteiger partial charge >= 0.3 is 0 Å². The monoisotopic (exact) mass is 526 g/mol. The molecule has 1 amide bonds. The SMILES string of the molecule is COc1ccc(C2=CN3C(=O)c4cc(OC5CC5)c(OCCCCCBr)cc4NC[C@@H]3C2)cc1. The average Bonchev–Trinajstić information content (AvgIpc) is 3.60. The first kappa shape index (κ1) is 23.1. The summed E-state index contributed by atoms with van der Waals surface area (Å²) >= 11 is 3.48. The van der Waals surface area contributed by atoms with E-state index in [0.717, 1.165) is 72.2 Å². The minimum absolute atomic E-state index is 0.00182. The number of anilines is 1. The smallest absolute Gasteiger partial charge is 0.260 e. The summed E-state index contributed by atoms with van der Waals surface area (Å²) in [5, 5.41) is 4.52. The summed E-state index contributed by atoms with van der Waals surface area (Å²) in [5.41, 5.74) is 3.72. The molecule has 0 radical (unpaired) electrons. The number of ether oxygens (including phenoxy) is 3. The molecule has 0 bridgehead atoms. The van der Waals surface area contributed by atoms with Crippen LogP contribution in [0.2, 0.25) is 0 Å². The molecule has 2 aliphatic heterocycles. The van der Waals surface area contributed by atoms with Crippen LogP contribution in [0.4, 0.5) is 5.69 Å². The predicted octanol–water partition coefficient (Wildman–Crippen LogP) is 5.86. The number of hydrogen-bond acceptors (Lipinski definition) is 5. The molecule has 2 heterocycles. The van der Waals surface area contributed by atoms with Crippen molar-refractivity contribution in [1.29, 1.82) is 0 Å². The number of amides is 1. The van der Waals surface area contributed by atoms with E-state index in [1.54, 1.807) is 7.11 Å². The standard InChI is InChI=1S/C27H31BrN2O4/c1-32-21-7-5-18(6-8-21)19-13-20-16-29-24-15-25(33-12-4-2-3-11-28)26(34-22-9-10-22)14-23(24)27(31)30(20)17-19/h5-8,14-15,17,20,22,29H,2-4,9-13,16H2,1H3/t20-/m0/s1. The first-order valence-corrected chi connectivity index (χ1v) is 13.2. The minimum Gasteiger partial charge on any atom is -0.497 e. The van der Waals surface area contributed by atoms with Crippen LogP contribution in [0.5, 0.6) is 17.2 Å². The fourth-order valence-corrected chi connectivity index (χ4v) is 4.84. The Labute approximate surface area is 209 Å². The Morgan fingerprint density at radius 3 is 2.65 bits per heavy atom. The quantitative estimate of drug-likeness (QED) is 0.310. The van der Waals surface area contributed by atoms with Crippen LogP contribution in [0.3, 0.4) is 0 Å². The van der Waals surface area contributed by atoms with Crippen LogP contribution in [-0.2, 0) is 0 Å². The van der Waals surface area contributed by atoms with E-state index < -0.39 is 0 Å². The van der Waals surface area contributed by atoms with Gasteiger partial charge in [0, 0.05) is 24.1 Å². The Kier molecular flexibility index (Phi) is 6.99. The molecular weight excluding hydrogens is 496 g/mol. The van der Waals surface area contributed by atoms with Gasteiger partial charge in [0.05, 0.1) is 37.1 Å². The predicted molar refractivity (Wildman–Crippen MR) is 137 cm³/mol. The number of carbonyl (C=O) groups excluding carboxylic acids is 1. The molecule has 0 aromatic heterocycles. The summed E-state index contributed by atoms with van der Waals surface area (Å²) in [6.07, 6.45) is 8.38. The number of nitrogens with one attached hydrogen (secondary N) is 1. The van der Waals surface area contributed by atoms with Crippen molar-refractivity contribution in [1.82, 2.24) is 4.90 Å². The van der Waals surface area contributed by atoms with Crippen molar-refractivity contribution < 1.29 is 19.0 Å². The number of nitrogens with zero attached hydrogens (tertiary/aromatic N) is 1. The number of benzene rings is 2. The van der Waals surface area contributed by atoms with Gasteiger partial charge in [0.25, 0.3) is 5.91 Å². The van der Waals surface area contributed by atoms with Crippen LogP contribution in [0, 0.1) is 0 Å². The van der Waals surface area contributed by atoms with Gasteiger partial charge in [0.2, 0.25) is 0 Å². The number of rotatable bonds is 10. The van der Waals surface area contributed by atoms with Crippen LogP contribution in [-0.4, -0.2) is 48.5 Å². The lowest BCUT2D eigenvalue weighted by Crippen LogP contribution is -2.34. The largest absolute Gasteiger partial charge is 0.497 e. The fourth-order valence-electron chi connectivity index (χ4n) is 4.45. The molecule has 6 nitrogen and oxygen atoms in total. The lowest BCUT2D eigenvalue weighted by Gasteiger charge is -2.20. The Bertz CT molecular complexity index is 1070. The van der Waals surface area contributed by atoms with Crippen molar-refractivity contribution in [3.05, 3.63) is 53.7 Å². The third-order valence-corrected chi connectivity index (χ3v) is 7.10. The van der Waals surface area contributed by atoms with E-state index >= 15 is 0 Å². The average molecular weight is 527 g/mol. The zero-order valence-corrected chi connectivity index (χ0v) is 21.1. The van der Waals surface area contributed by atoms with E-state index in [1.807, 2.05) is 47.5 Å². The highest BCUT2D eigenvalue weighted by atomic mass is 79.9. The van der Waals surface area contributed by atoms with Gasteiger partial charge in [-0.25, -0.2) is 0 Å². The molecule has 0 saturated heterocycles. The molecule has 2 aromatic carbocycles. The van der Waals surface area contributed by atoms with Gasteiger partial charge in [-0.1, -0.05) is 28.1 Å². The van der Waals surface area contributed by atoms with Gasteiger partial charge in [-0.2, -0.15) is 0 Å². The van der Waals surface area contributed by atoms with E-state index in [-0.39, 0.29) is 18.1 Å². The van der Waals surface area contributed by atoms with Crippen LogP contribution < -0.4 is 19.5 Å². The van der Waals surface area contributed by atoms with Crippen LogP contribution in [0.1, 0.15) is 54.4 Å². The minimum atomic E-state index is -0.00182. The normalized spacial score (nSPS) is 19.0. The van der Waals surface area contributed by atoms with Crippen LogP contribution >= 0.6 is 15.9 Å². The van der Waals surface area contributed by atoms with E-state index in [4.69, 9.17) is 14.2 Å². The van der Waals surface area contributed by atoms with Gasteiger partial charge < -0.3 is 24.4 Å². The number of unbranched alkanes of at least 4 members (excludes halogenated alkanes) is 2. The van der Waals surface area contributed by atoms with Crippen molar-refractivity contribution in [3.63, 3.8) is 0 Å². The summed E-state index contributed by atoms with van der Waals surface area (Å²) in [7, 11) is 1.66. The molecule has 1 saturated carbocycles. The molecule has 3 aliphatic rings. The summed E-state index contributed by atoms with van der Waals surface area (Å²) in [6.45, 7) is 1.33. The second-order valence-electron chi connectivity index (χ2n) is 9.09. The van der Waals surface area contributed by atoms with Gasteiger partial charge in [0.1, 0.15) is 5.75 Å². The molecule has 1 aliphatic carbocycles. The second kappa shape index (κ2) is 10.3. The van der Waals surface area contributed by atoms with Crippen LogP contribution in [0.15, 0.2) is 42.6 Å². The number of alkyl halides is 1. The Balaban J connectivity index is 1.38. The van der Waals surface area contributed by atoms with Crippen molar-refractivity contribution in [2.75, 3.05) is 30.9 Å². The van der Waals surface area contributed by atoms with Gasteiger partial charge in [0.15, 0.2) is 11.5 Å². The maximum atomic E-state index is 13.6. The number of hydrogen-bond donors (Lipinski definition) is 1. The van der Waals surface area contributed by atoms with Crippen LogP contribution in [0.25, 0.3) is 5.57 Å². The molecule has 7 heteroatoms. The molecule has 1 atom stereocenters. The van der Waals surface area contributed by atoms with Gasteiger partial charge in [-0.05, 0) is 67.9 Å². The topological polar surface area (TPSA) is 60.0 Å². The van der Waals surface area contributed by atoms with Crippen molar-refractivity contribution >= 4 is 33.1 Å². The molecule has 0 spiro atoms. The maximum absolute atomic E-state index is 13.6. The van der Waals surface area contributed by atoms with Crippen molar-refractivity contribution in [2.45, 2.75) is 50.7 Å². The summed E-state index contributed by atoms with van der Waals surface area (Å²) in [4.78, 5) is 15.5. The highest BCUT2D eigenvalue weighted by Crippen LogP contribution is 2.41. The van der Waals surface area contributed by atoms with E-state index in [9.17, 15) is 4.79 Å². The van der Waals surface area contributed by atoms with Gasteiger partial charge in [-0.15, -0.1) is 0 Å². The van der Waals surface area contributed by atoms with Crippen molar-refractivity contribution in [2.24, 2.45) is 0 Å². The third kappa shape index (κ3) is 5.04. The Morgan fingerprint density at radius 2 is 1.91 bits per heavy atom. The first-order chi connectivity index (χ1) is 16.7. The zero-order chi connectivity index (χ0) is 23.5. The first-order valence-electron chi connectivity index (χ1n) is 12.1. The molecule has 5 rings (SSSR count). The van der Waals surface area contributed by atoms with Crippen molar-refractivity contribution in [3.8, 4) is 17.2 Å². The van der Waals surface area contributed by atoms with E-state index in [1.165, 1.54) is 0 Å². The zero-order valence-electron chi connectivity index (χ0n) is 19.5. The number of carbonyl (C=O) groups is 1. The molecule has 1 N–H and O–H groups in total. The fraction of sp³-hybridized carbons (Fsp3) is 0.444. The third-order valence-electron chi connectivity index (χ3n) is 6.54. The summed E-state index contributed by atoms with van der Waals surface area (Å²) in [5.74, 6) is 2.22.